The van der Waals surface area contributed by atoms with Crippen LogP contribution in [0.1, 0.15) is 27.2 Å². The Kier molecular flexibility index (Phi) is 4.41. The quantitative estimate of drug-likeness (QED) is 0.808. The molecule has 1 fully saturated rings. The van der Waals surface area contributed by atoms with Crippen LogP contribution in [0.5, 0.6) is 0 Å². The van der Waals surface area contributed by atoms with Gasteiger partial charge in [-0.1, -0.05) is 13.8 Å². The fourth-order valence-corrected chi connectivity index (χ4v) is 3.57. The van der Waals surface area contributed by atoms with E-state index in [2.05, 4.69) is 19.2 Å². The van der Waals surface area contributed by atoms with E-state index in [-0.39, 0.29) is 18.1 Å². The van der Waals surface area contributed by atoms with Crippen LogP contribution in [0.2, 0.25) is 0 Å². The minimum absolute atomic E-state index is 0.0561. The Balaban J connectivity index is 2.53. The minimum Gasteiger partial charge on any atom is -0.335 e. The Morgan fingerprint density at radius 1 is 1.47 bits per heavy atom. The van der Waals surface area contributed by atoms with Crippen molar-refractivity contribution in [3.05, 3.63) is 0 Å². The lowest BCUT2D eigenvalue weighted by atomic mass is 10.1. The molecule has 0 aromatic carbocycles. The normalized spacial score (nSPS) is 30.3. The monoisotopic (exact) mass is 261 g/mol. The molecule has 5 nitrogen and oxygen atoms in total. The molecule has 1 saturated heterocycles. The average molecular weight is 261 g/mol. The minimum atomic E-state index is -2.44. The fourth-order valence-electron chi connectivity index (χ4n) is 1.74. The summed E-state index contributed by atoms with van der Waals surface area (Å²) >= 11 is 0. The van der Waals surface area contributed by atoms with Crippen LogP contribution >= 0.6 is 0 Å². The number of carbonyl (C=O) groups is 1. The zero-order chi connectivity index (χ0) is 13.2. The molecule has 100 valence electrons. The molecule has 17 heavy (non-hydrogen) atoms. The summed E-state index contributed by atoms with van der Waals surface area (Å²) in [4.78, 5) is 13.5. The molecular weight excluding hydrogens is 238 g/mol. The molecule has 0 aliphatic carbocycles. The van der Waals surface area contributed by atoms with Crippen molar-refractivity contribution in [2.24, 2.45) is 5.92 Å². The maximum Gasteiger partial charge on any atom is 0.317 e. The van der Waals surface area contributed by atoms with Gasteiger partial charge in [-0.2, -0.15) is 0 Å². The van der Waals surface area contributed by atoms with Crippen molar-refractivity contribution in [1.82, 2.24) is 10.2 Å². The summed E-state index contributed by atoms with van der Waals surface area (Å²) < 4.78 is 19.1. The van der Waals surface area contributed by atoms with E-state index in [1.165, 1.54) is 0 Å². The first-order valence-electron chi connectivity index (χ1n) is 6.00. The molecule has 2 amide bonds. The van der Waals surface area contributed by atoms with E-state index in [9.17, 15) is 9.00 Å². The largest absolute Gasteiger partial charge is 0.335 e. The summed E-state index contributed by atoms with van der Waals surface area (Å²) in [5, 5.41) is 2.92. The van der Waals surface area contributed by atoms with Crippen molar-refractivity contribution < 1.29 is 9.00 Å². The van der Waals surface area contributed by atoms with E-state index in [0.29, 0.717) is 23.8 Å². The molecular formula is C11H23N3O2S. The highest BCUT2D eigenvalue weighted by Gasteiger charge is 2.30. The zero-order valence-corrected chi connectivity index (χ0v) is 11.8. The van der Waals surface area contributed by atoms with E-state index in [0.717, 1.165) is 0 Å². The summed E-state index contributed by atoms with van der Waals surface area (Å²) in [5.74, 6) is 1.11. The lowest BCUT2D eigenvalue weighted by Gasteiger charge is -2.27. The van der Waals surface area contributed by atoms with Crippen LogP contribution in [0.3, 0.4) is 0 Å². The summed E-state index contributed by atoms with van der Waals surface area (Å²) in [6.45, 7) is 6.08. The maximum absolute atomic E-state index is 11.9. The van der Waals surface area contributed by atoms with E-state index >= 15 is 0 Å². The Morgan fingerprint density at radius 3 is 2.47 bits per heavy atom. The highest BCUT2D eigenvalue weighted by molar-refractivity contribution is 7.92. The van der Waals surface area contributed by atoms with Crippen LogP contribution in [-0.4, -0.2) is 45.8 Å². The maximum atomic E-state index is 11.9. The number of nitrogens with one attached hydrogen (secondary N) is 2. The SMILES string of the molecule is CC(C)C(C)NC(=O)N(C)C1CCS(=N)(=O)C1. The summed E-state index contributed by atoms with van der Waals surface area (Å²) in [6.07, 6.45) is 0.669. The van der Waals surface area contributed by atoms with Crippen molar-refractivity contribution >= 4 is 15.8 Å². The van der Waals surface area contributed by atoms with Crippen molar-refractivity contribution in [1.29, 1.82) is 4.78 Å². The number of urea groups is 1. The van der Waals surface area contributed by atoms with Gasteiger partial charge in [0.25, 0.3) is 0 Å². The van der Waals surface area contributed by atoms with Gasteiger partial charge >= 0.3 is 6.03 Å². The molecule has 0 bridgehead atoms. The smallest absolute Gasteiger partial charge is 0.317 e. The Labute approximate surface area is 104 Å². The molecule has 1 aliphatic rings. The second-order valence-electron chi connectivity index (χ2n) is 5.22. The molecule has 0 spiro atoms. The third kappa shape index (κ3) is 3.87. The van der Waals surface area contributed by atoms with Gasteiger partial charge in [-0.15, -0.1) is 0 Å². The van der Waals surface area contributed by atoms with Crippen LogP contribution < -0.4 is 5.32 Å². The van der Waals surface area contributed by atoms with Crippen LogP contribution in [-0.2, 0) is 9.73 Å². The molecule has 6 heteroatoms. The lowest BCUT2D eigenvalue weighted by molar-refractivity contribution is 0.188. The van der Waals surface area contributed by atoms with Crippen LogP contribution in [0.15, 0.2) is 0 Å². The molecule has 1 rings (SSSR count). The van der Waals surface area contributed by atoms with Crippen molar-refractivity contribution in [2.75, 3.05) is 18.6 Å². The van der Waals surface area contributed by atoms with Crippen LogP contribution in [0, 0.1) is 10.7 Å². The molecule has 1 aliphatic heterocycles. The van der Waals surface area contributed by atoms with Crippen molar-refractivity contribution in [2.45, 2.75) is 39.3 Å². The Bertz CT molecular complexity index is 378. The topological polar surface area (TPSA) is 73.3 Å². The summed E-state index contributed by atoms with van der Waals surface area (Å²) in [5.41, 5.74) is 0. The first-order chi connectivity index (χ1) is 7.73. The van der Waals surface area contributed by atoms with Gasteiger partial charge < -0.3 is 10.2 Å². The first-order valence-corrected chi connectivity index (χ1v) is 7.90. The number of hydrogen-bond acceptors (Lipinski definition) is 3. The first kappa shape index (κ1) is 14.3. The standard InChI is InChI=1S/C11H23N3O2S/c1-8(2)9(3)13-11(15)14(4)10-5-6-17(12,16)7-10/h8-10,12H,5-7H2,1-4H3,(H,13,15). The molecule has 0 radical (unpaired) electrons. The van der Waals surface area contributed by atoms with Crippen molar-refractivity contribution in [3.63, 3.8) is 0 Å². The number of rotatable bonds is 3. The predicted molar refractivity (Wildman–Crippen MR) is 69.6 cm³/mol. The molecule has 3 unspecified atom stereocenters. The lowest BCUT2D eigenvalue weighted by Crippen LogP contribution is -2.48. The van der Waals surface area contributed by atoms with Gasteiger partial charge in [-0.25, -0.2) is 9.00 Å². The Hall–Kier alpha value is -0.780. The number of hydrogen-bond donors (Lipinski definition) is 2. The highest BCUT2D eigenvalue weighted by atomic mass is 32.2. The van der Waals surface area contributed by atoms with Crippen molar-refractivity contribution in [3.8, 4) is 0 Å². The molecule has 0 aromatic heterocycles. The molecule has 3 atom stereocenters. The van der Waals surface area contributed by atoms with Crippen LogP contribution in [0.4, 0.5) is 4.79 Å². The van der Waals surface area contributed by atoms with Gasteiger partial charge in [0.05, 0.1) is 5.75 Å². The van der Waals surface area contributed by atoms with E-state index in [1.807, 2.05) is 6.92 Å². The predicted octanol–water partition coefficient (Wildman–Crippen LogP) is 1.49. The summed E-state index contributed by atoms with van der Waals surface area (Å²) in [7, 11) is -0.724. The second kappa shape index (κ2) is 5.25. The van der Waals surface area contributed by atoms with E-state index < -0.39 is 9.73 Å². The number of nitrogens with zero attached hydrogens (tertiary/aromatic N) is 1. The molecule has 0 aromatic rings. The van der Waals surface area contributed by atoms with Gasteiger partial charge in [-0.05, 0) is 19.3 Å². The van der Waals surface area contributed by atoms with Gasteiger partial charge in [-0.3, -0.25) is 4.78 Å². The number of amides is 2. The van der Waals surface area contributed by atoms with Gasteiger partial charge in [0.2, 0.25) is 0 Å². The van der Waals surface area contributed by atoms with Gasteiger partial charge in [0.1, 0.15) is 0 Å². The Morgan fingerprint density at radius 2 is 2.06 bits per heavy atom. The average Bonchev–Trinajstić information content (AvgIpc) is 2.57. The van der Waals surface area contributed by atoms with E-state index in [4.69, 9.17) is 4.78 Å². The molecule has 2 N–H and O–H groups in total. The molecule has 0 saturated carbocycles. The van der Waals surface area contributed by atoms with Crippen LogP contribution in [0.25, 0.3) is 0 Å². The third-order valence-electron chi connectivity index (χ3n) is 3.46. The fraction of sp³-hybridized carbons (Fsp3) is 0.909. The molecule has 1 heterocycles. The third-order valence-corrected chi connectivity index (χ3v) is 5.28. The second-order valence-corrected chi connectivity index (χ2v) is 7.58. The van der Waals surface area contributed by atoms with E-state index in [1.54, 1.807) is 11.9 Å². The van der Waals surface area contributed by atoms with Gasteiger partial charge in [0.15, 0.2) is 0 Å². The summed E-state index contributed by atoms with van der Waals surface area (Å²) in [6, 6.07) is -0.0700. The van der Waals surface area contributed by atoms with Gasteiger partial charge in [0, 0.05) is 34.6 Å². The highest BCUT2D eigenvalue weighted by Crippen LogP contribution is 2.17. The number of carbonyl (C=O) groups excluding carboxylic acids is 1. The zero-order valence-electron chi connectivity index (χ0n) is 11.0.